The van der Waals surface area contributed by atoms with Gasteiger partial charge in [-0.05, 0) is 36.4 Å². The Morgan fingerprint density at radius 2 is 1.73 bits per heavy atom. The number of benzene rings is 2. The van der Waals surface area contributed by atoms with Crippen molar-refractivity contribution in [2.45, 2.75) is 0 Å². The molecule has 0 bridgehead atoms. The van der Waals surface area contributed by atoms with Gasteiger partial charge < -0.3 is 10.1 Å². The van der Waals surface area contributed by atoms with Crippen molar-refractivity contribution in [3.63, 3.8) is 0 Å². The van der Waals surface area contributed by atoms with E-state index >= 15 is 0 Å². The first-order valence-corrected chi connectivity index (χ1v) is 6.71. The van der Waals surface area contributed by atoms with Gasteiger partial charge >= 0.3 is 0 Å². The van der Waals surface area contributed by atoms with Gasteiger partial charge in [0.05, 0.1) is 6.20 Å². The first kappa shape index (κ1) is 13.8. The smallest absolute Gasteiger partial charge is 0.277 e. The van der Waals surface area contributed by atoms with Crippen LogP contribution >= 0.6 is 0 Å². The van der Waals surface area contributed by atoms with E-state index in [4.69, 9.17) is 4.74 Å². The molecule has 3 aromatic rings. The highest BCUT2D eigenvalue weighted by atomic mass is 16.5. The maximum absolute atomic E-state index is 11.9. The monoisotopic (exact) mass is 294 g/mol. The number of aromatic nitrogens is 3. The normalized spacial score (nSPS) is 10.2. The zero-order valence-electron chi connectivity index (χ0n) is 11.9. The number of amides is 1. The van der Waals surface area contributed by atoms with E-state index < -0.39 is 0 Å². The fourth-order valence-corrected chi connectivity index (χ4v) is 1.88. The first-order valence-electron chi connectivity index (χ1n) is 6.71. The molecule has 3 rings (SSSR count). The summed E-state index contributed by atoms with van der Waals surface area (Å²) in [5.74, 6) is 1.16. The number of hydrogen-bond acceptors (Lipinski definition) is 4. The molecule has 0 saturated carbocycles. The lowest BCUT2D eigenvalue weighted by Crippen LogP contribution is -2.12. The maximum atomic E-state index is 11.9. The Kier molecular flexibility index (Phi) is 3.82. The molecule has 0 atom stereocenters. The van der Waals surface area contributed by atoms with Crippen LogP contribution in [-0.2, 0) is 7.05 Å². The van der Waals surface area contributed by atoms with Crippen LogP contribution in [0.2, 0.25) is 0 Å². The quantitative estimate of drug-likeness (QED) is 0.803. The predicted molar refractivity (Wildman–Crippen MR) is 81.9 cm³/mol. The highest BCUT2D eigenvalue weighted by Crippen LogP contribution is 2.22. The molecule has 0 aliphatic carbocycles. The van der Waals surface area contributed by atoms with Crippen LogP contribution in [0.1, 0.15) is 10.5 Å². The van der Waals surface area contributed by atoms with Crippen molar-refractivity contribution >= 4 is 11.6 Å². The molecule has 1 aromatic heterocycles. The molecule has 0 fully saturated rings. The van der Waals surface area contributed by atoms with E-state index in [1.54, 1.807) is 37.5 Å². The van der Waals surface area contributed by atoms with Crippen LogP contribution in [0.5, 0.6) is 11.5 Å². The Labute approximate surface area is 127 Å². The Balaban J connectivity index is 1.65. The predicted octanol–water partition coefficient (Wildman–Crippen LogP) is 2.86. The molecule has 0 aliphatic heterocycles. The standard InChI is InChI=1S/C16H14N4O2/c1-20-11-15(18-19-20)16(21)17-12-7-9-14(10-8-12)22-13-5-3-2-4-6-13/h2-11H,1H3,(H,17,21). The van der Waals surface area contributed by atoms with Crippen LogP contribution in [0.4, 0.5) is 5.69 Å². The van der Waals surface area contributed by atoms with Crippen LogP contribution in [0.25, 0.3) is 0 Å². The van der Waals surface area contributed by atoms with Gasteiger partial charge in [-0.2, -0.15) is 0 Å². The Morgan fingerprint density at radius 1 is 1.05 bits per heavy atom. The molecule has 1 N–H and O–H groups in total. The number of ether oxygens (including phenoxy) is 1. The van der Waals surface area contributed by atoms with Crippen LogP contribution in [0.15, 0.2) is 60.8 Å². The summed E-state index contributed by atoms with van der Waals surface area (Å²) in [6.07, 6.45) is 1.56. The van der Waals surface area contributed by atoms with Gasteiger partial charge in [-0.15, -0.1) is 5.10 Å². The molecular weight excluding hydrogens is 280 g/mol. The summed E-state index contributed by atoms with van der Waals surface area (Å²) < 4.78 is 7.17. The zero-order valence-corrected chi connectivity index (χ0v) is 11.9. The lowest BCUT2D eigenvalue weighted by Gasteiger charge is -2.07. The minimum absolute atomic E-state index is 0.270. The molecule has 1 heterocycles. The molecule has 0 spiro atoms. The van der Waals surface area contributed by atoms with Crippen molar-refractivity contribution < 1.29 is 9.53 Å². The molecular formula is C16H14N4O2. The van der Waals surface area contributed by atoms with Gasteiger partial charge in [0.2, 0.25) is 0 Å². The van der Waals surface area contributed by atoms with E-state index in [1.165, 1.54) is 4.68 Å². The molecule has 6 nitrogen and oxygen atoms in total. The fraction of sp³-hybridized carbons (Fsp3) is 0.0625. The zero-order chi connectivity index (χ0) is 15.4. The number of nitrogens with zero attached hydrogens (tertiary/aromatic N) is 3. The van der Waals surface area contributed by atoms with E-state index in [1.807, 2.05) is 30.3 Å². The maximum Gasteiger partial charge on any atom is 0.277 e. The third-order valence-corrected chi connectivity index (χ3v) is 2.93. The number of nitrogens with one attached hydrogen (secondary N) is 1. The van der Waals surface area contributed by atoms with E-state index in [0.29, 0.717) is 11.4 Å². The third-order valence-electron chi connectivity index (χ3n) is 2.93. The Hall–Kier alpha value is -3.15. The van der Waals surface area contributed by atoms with Crippen LogP contribution in [-0.4, -0.2) is 20.9 Å². The number of anilines is 1. The van der Waals surface area contributed by atoms with E-state index in [0.717, 1.165) is 5.75 Å². The molecule has 1 amide bonds. The number of hydrogen-bond donors (Lipinski definition) is 1. The van der Waals surface area contributed by atoms with Crippen LogP contribution < -0.4 is 10.1 Å². The van der Waals surface area contributed by atoms with Crippen molar-refractivity contribution in [1.82, 2.24) is 15.0 Å². The van der Waals surface area contributed by atoms with Crippen molar-refractivity contribution in [2.24, 2.45) is 7.05 Å². The molecule has 2 aromatic carbocycles. The number of aryl methyl sites for hydroxylation is 1. The number of rotatable bonds is 4. The fourth-order valence-electron chi connectivity index (χ4n) is 1.88. The minimum Gasteiger partial charge on any atom is -0.457 e. The van der Waals surface area contributed by atoms with Gasteiger partial charge in [0.1, 0.15) is 11.5 Å². The molecule has 110 valence electrons. The molecule has 6 heteroatoms. The van der Waals surface area contributed by atoms with Gasteiger partial charge in [-0.1, -0.05) is 23.4 Å². The van der Waals surface area contributed by atoms with Gasteiger partial charge in [0, 0.05) is 12.7 Å². The van der Waals surface area contributed by atoms with Crippen molar-refractivity contribution in [1.29, 1.82) is 0 Å². The molecule has 22 heavy (non-hydrogen) atoms. The highest BCUT2D eigenvalue weighted by Gasteiger charge is 2.10. The second kappa shape index (κ2) is 6.09. The van der Waals surface area contributed by atoms with Crippen LogP contribution in [0, 0.1) is 0 Å². The summed E-state index contributed by atoms with van der Waals surface area (Å²) in [4.78, 5) is 11.9. The highest BCUT2D eigenvalue weighted by molar-refractivity contribution is 6.02. The molecule has 0 aliphatic rings. The van der Waals surface area contributed by atoms with Gasteiger partial charge in [-0.3, -0.25) is 9.48 Å². The van der Waals surface area contributed by atoms with Crippen molar-refractivity contribution in [3.05, 3.63) is 66.5 Å². The summed E-state index contributed by atoms with van der Waals surface area (Å²) in [5.41, 5.74) is 0.933. The third kappa shape index (κ3) is 3.29. The van der Waals surface area contributed by atoms with Gasteiger partial charge in [-0.25, -0.2) is 0 Å². The first-order chi connectivity index (χ1) is 10.7. The lowest BCUT2D eigenvalue weighted by atomic mass is 10.3. The van der Waals surface area contributed by atoms with Gasteiger partial charge in [0.25, 0.3) is 5.91 Å². The van der Waals surface area contributed by atoms with E-state index in [-0.39, 0.29) is 11.6 Å². The number of carbonyl (C=O) groups excluding carboxylic acids is 1. The SMILES string of the molecule is Cn1cc(C(=O)Nc2ccc(Oc3ccccc3)cc2)nn1. The molecule has 0 radical (unpaired) electrons. The molecule has 0 unspecified atom stereocenters. The largest absolute Gasteiger partial charge is 0.457 e. The van der Waals surface area contributed by atoms with E-state index in [9.17, 15) is 4.79 Å². The van der Waals surface area contributed by atoms with Crippen LogP contribution in [0.3, 0.4) is 0 Å². The van der Waals surface area contributed by atoms with Gasteiger partial charge in [0.15, 0.2) is 5.69 Å². The van der Waals surface area contributed by atoms with Crippen molar-refractivity contribution in [2.75, 3.05) is 5.32 Å². The number of carbonyl (C=O) groups is 1. The van der Waals surface area contributed by atoms with Crippen molar-refractivity contribution in [3.8, 4) is 11.5 Å². The summed E-state index contributed by atoms with van der Waals surface area (Å²) in [6, 6.07) is 16.6. The average Bonchev–Trinajstić information content (AvgIpc) is 2.97. The summed E-state index contributed by atoms with van der Waals surface area (Å²) in [5, 5.41) is 10.2. The average molecular weight is 294 g/mol. The van der Waals surface area contributed by atoms with E-state index in [2.05, 4.69) is 15.6 Å². The summed E-state index contributed by atoms with van der Waals surface area (Å²) in [7, 11) is 1.71. The Bertz CT molecular complexity index is 766. The topological polar surface area (TPSA) is 69.0 Å². The molecule has 0 saturated heterocycles. The summed E-state index contributed by atoms with van der Waals surface area (Å²) >= 11 is 0. The Morgan fingerprint density at radius 3 is 2.36 bits per heavy atom. The number of para-hydroxylation sites is 1. The second-order valence-electron chi connectivity index (χ2n) is 4.67. The minimum atomic E-state index is -0.301. The second-order valence-corrected chi connectivity index (χ2v) is 4.67. The lowest BCUT2D eigenvalue weighted by molar-refractivity contribution is 0.102. The summed E-state index contributed by atoms with van der Waals surface area (Å²) in [6.45, 7) is 0.